The largest absolute Gasteiger partial charge is 0.416 e. The molecule has 0 saturated carbocycles. The van der Waals surface area contributed by atoms with Crippen LogP contribution in [0, 0.1) is 11.6 Å². The SMILES string of the molecule is OCc1cnc(SCc2cc(F)cc(F)c2)n1Cc1ccccc1C(F)(F)F. The van der Waals surface area contributed by atoms with E-state index in [1.165, 1.54) is 41.1 Å². The molecule has 0 saturated heterocycles. The van der Waals surface area contributed by atoms with Gasteiger partial charge in [0, 0.05) is 11.8 Å². The zero-order chi connectivity index (χ0) is 20.3. The molecule has 9 heteroatoms. The van der Waals surface area contributed by atoms with Crippen LogP contribution in [0.5, 0.6) is 0 Å². The molecule has 2 aromatic carbocycles. The lowest BCUT2D eigenvalue weighted by atomic mass is 10.1. The summed E-state index contributed by atoms with van der Waals surface area (Å²) in [7, 11) is 0. The van der Waals surface area contributed by atoms with Crippen molar-refractivity contribution >= 4 is 11.8 Å². The van der Waals surface area contributed by atoms with Crippen LogP contribution in [0.4, 0.5) is 22.0 Å². The highest BCUT2D eigenvalue weighted by atomic mass is 32.2. The number of aliphatic hydroxyl groups is 1. The lowest BCUT2D eigenvalue weighted by molar-refractivity contribution is -0.138. The molecule has 3 aromatic rings. The average molecular weight is 414 g/mol. The van der Waals surface area contributed by atoms with Gasteiger partial charge in [0.05, 0.1) is 30.6 Å². The first kappa shape index (κ1) is 20.3. The Morgan fingerprint density at radius 1 is 1.04 bits per heavy atom. The number of alkyl halides is 3. The smallest absolute Gasteiger partial charge is 0.390 e. The molecule has 0 fully saturated rings. The topological polar surface area (TPSA) is 38.1 Å². The molecule has 3 rings (SSSR count). The maximum Gasteiger partial charge on any atom is 0.416 e. The number of imidazole rings is 1. The number of hydrogen-bond acceptors (Lipinski definition) is 3. The summed E-state index contributed by atoms with van der Waals surface area (Å²) in [4.78, 5) is 4.13. The van der Waals surface area contributed by atoms with Crippen LogP contribution >= 0.6 is 11.8 Å². The summed E-state index contributed by atoms with van der Waals surface area (Å²) in [6.07, 6.45) is -3.15. The number of nitrogens with zero attached hydrogens (tertiary/aromatic N) is 2. The highest BCUT2D eigenvalue weighted by molar-refractivity contribution is 7.98. The molecular formula is C19H15F5N2OS. The second-order valence-corrected chi connectivity index (χ2v) is 6.94. The van der Waals surface area contributed by atoms with Crippen molar-refractivity contribution in [3.63, 3.8) is 0 Å². The number of benzene rings is 2. The molecular weight excluding hydrogens is 399 g/mol. The lowest BCUT2D eigenvalue weighted by Gasteiger charge is -2.16. The van der Waals surface area contributed by atoms with Crippen molar-refractivity contribution in [1.29, 1.82) is 0 Å². The Morgan fingerprint density at radius 2 is 1.71 bits per heavy atom. The molecule has 1 aromatic heterocycles. The predicted molar refractivity (Wildman–Crippen MR) is 94.6 cm³/mol. The van der Waals surface area contributed by atoms with Gasteiger partial charge in [0.15, 0.2) is 5.16 Å². The first-order valence-corrected chi connectivity index (χ1v) is 9.14. The third kappa shape index (κ3) is 4.71. The van der Waals surface area contributed by atoms with Gasteiger partial charge in [-0.05, 0) is 29.3 Å². The molecule has 1 N–H and O–H groups in total. The fraction of sp³-hybridized carbons (Fsp3) is 0.211. The first-order valence-electron chi connectivity index (χ1n) is 8.16. The number of thioether (sulfide) groups is 1. The van der Waals surface area contributed by atoms with Gasteiger partial charge >= 0.3 is 6.18 Å². The Kier molecular flexibility index (Phi) is 6.04. The second-order valence-electron chi connectivity index (χ2n) is 6.00. The Balaban J connectivity index is 1.87. The Hall–Kier alpha value is -2.39. The number of aliphatic hydroxyl groups excluding tert-OH is 1. The Morgan fingerprint density at radius 3 is 2.36 bits per heavy atom. The van der Waals surface area contributed by atoms with E-state index in [1.807, 2.05) is 0 Å². The summed E-state index contributed by atoms with van der Waals surface area (Å²) in [6.45, 7) is -0.554. The molecule has 0 aliphatic heterocycles. The van der Waals surface area contributed by atoms with E-state index in [4.69, 9.17) is 0 Å². The van der Waals surface area contributed by atoms with Gasteiger partial charge in [-0.2, -0.15) is 13.2 Å². The molecule has 0 amide bonds. The minimum atomic E-state index is -4.51. The molecule has 0 radical (unpaired) electrons. The number of aromatic nitrogens is 2. The molecule has 3 nitrogen and oxygen atoms in total. The molecule has 0 atom stereocenters. The second kappa shape index (κ2) is 8.32. The molecule has 1 heterocycles. The Bertz CT molecular complexity index is 951. The third-order valence-electron chi connectivity index (χ3n) is 4.01. The molecule has 0 aliphatic rings. The van der Waals surface area contributed by atoms with E-state index >= 15 is 0 Å². The molecule has 0 aliphatic carbocycles. The van der Waals surface area contributed by atoms with Crippen LogP contribution < -0.4 is 0 Å². The highest BCUT2D eigenvalue weighted by Crippen LogP contribution is 2.33. The van der Waals surface area contributed by atoms with E-state index in [0.717, 1.165) is 23.9 Å². The number of halogens is 5. The van der Waals surface area contributed by atoms with E-state index in [1.54, 1.807) is 0 Å². The minimum absolute atomic E-state index is 0.0290. The summed E-state index contributed by atoms with van der Waals surface area (Å²) < 4.78 is 67.9. The van der Waals surface area contributed by atoms with Gasteiger partial charge < -0.3 is 9.67 Å². The molecule has 148 valence electrons. The van der Waals surface area contributed by atoms with E-state index in [9.17, 15) is 27.1 Å². The maximum atomic E-state index is 13.3. The third-order valence-corrected chi connectivity index (χ3v) is 5.07. The zero-order valence-electron chi connectivity index (χ0n) is 14.4. The van der Waals surface area contributed by atoms with Crippen molar-refractivity contribution in [3.8, 4) is 0 Å². The normalized spacial score (nSPS) is 11.8. The fourth-order valence-electron chi connectivity index (χ4n) is 2.75. The number of hydrogen-bond donors (Lipinski definition) is 1. The van der Waals surface area contributed by atoms with Crippen LogP contribution in [0.25, 0.3) is 0 Å². The van der Waals surface area contributed by atoms with Crippen LogP contribution in [0.15, 0.2) is 53.8 Å². The Labute approximate surface area is 161 Å². The lowest BCUT2D eigenvalue weighted by Crippen LogP contribution is -2.13. The maximum absolute atomic E-state index is 13.3. The van der Waals surface area contributed by atoms with Gasteiger partial charge in [-0.25, -0.2) is 13.8 Å². The predicted octanol–water partition coefficient (Wildman–Crippen LogP) is 5.01. The van der Waals surface area contributed by atoms with Gasteiger partial charge in [0.2, 0.25) is 0 Å². The monoisotopic (exact) mass is 414 g/mol. The zero-order valence-corrected chi connectivity index (χ0v) is 15.2. The fourth-order valence-corrected chi connectivity index (χ4v) is 3.68. The van der Waals surface area contributed by atoms with Crippen molar-refractivity contribution in [3.05, 3.63) is 82.7 Å². The highest BCUT2D eigenvalue weighted by Gasteiger charge is 2.33. The van der Waals surface area contributed by atoms with E-state index in [2.05, 4.69) is 4.98 Å². The molecule has 0 unspecified atom stereocenters. The van der Waals surface area contributed by atoms with Crippen LogP contribution in [-0.2, 0) is 25.1 Å². The van der Waals surface area contributed by atoms with Crippen molar-refractivity contribution in [1.82, 2.24) is 9.55 Å². The summed E-state index contributed by atoms with van der Waals surface area (Å²) in [5.74, 6) is -1.26. The minimum Gasteiger partial charge on any atom is -0.390 e. The molecule has 0 spiro atoms. The standard InChI is InChI=1S/C19H15F5N2OS/c20-14-5-12(6-15(21)7-14)11-28-18-25-8-16(10-27)26(18)9-13-3-1-2-4-17(13)19(22,23)24/h1-8,27H,9-11H2. The molecule has 0 bridgehead atoms. The van der Waals surface area contributed by atoms with Crippen LogP contribution in [-0.4, -0.2) is 14.7 Å². The van der Waals surface area contributed by atoms with Gasteiger partial charge in [-0.15, -0.1) is 0 Å². The van der Waals surface area contributed by atoms with Crippen LogP contribution in [0.1, 0.15) is 22.4 Å². The van der Waals surface area contributed by atoms with Gasteiger partial charge in [-0.3, -0.25) is 0 Å². The number of rotatable bonds is 6. The van der Waals surface area contributed by atoms with Crippen molar-refractivity contribution in [2.75, 3.05) is 0 Å². The summed E-state index contributed by atoms with van der Waals surface area (Å²) in [5, 5.41) is 9.84. The summed E-state index contributed by atoms with van der Waals surface area (Å²) in [6, 6.07) is 8.27. The quantitative estimate of drug-likeness (QED) is 0.455. The van der Waals surface area contributed by atoms with Crippen molar-refractivity contribution in [2.45, 2.75) is 30.2 Å². The van der Waals surface area contributed by atoms with Crippen LogP contribution in [0.3, 0.4) is 0 Å². The van der Waals surface area contributed by atoms with Crippen LogP contribution in [0.2, 0.25) is 0 Å². The van der Waals surface area contributed by atoms with E-state index in [-0.39, 0.29) is 17.9 Å². The average Bonchev–Trinajstić information content (AvgIpc) is 3.00. The van der Waals surface area contributed by atoms with Crippen molar-refractivity contribution in [2.24, 2.45) is 0 Å². The molecule has 28 heavy (non-hydrogen) atoms. The first-order chi connectivity index (χ1) is 13.3. The van der Waals surface area contributed by atoms with E-state index < -0.39 is 30.0 Å². The van der Waals surface area contributed by atoms with Gasteiger partial charge in [0.25, 0.3) is 0 Å². The van der Waals surface area contributed by atoms with Crippen molar-refractivity contribution < 1.29 is 27.1 Å². The van der Waals surface area contributed by atoms with Gasteiger partial charge in [-0.1, -0.05) is 30.0 Å². The summed E-state index contributed by atoms with van der Waals surface area (Å²) >= 11 is 1.11. The van der Waals surface area contributed by atoms with Gasteiger partial charge in [0.1, 0.15) is 11.6 Å². The van der Waals surface area contributed by atoms with E-state index in [0.29, 0.717) is 16.4 Å². The summed E-state index contributed by atoms with van der Waals surface area (Å²) in [5.41, 5.74) is -0.0275.